The molecular formula is C47H57NO14. The minimum absolute atomic E-state index is 0.0288. The standard InChI is InChI=1S/C47H57NO14/c1-25-31(60-43(56)36(52)35(28-16-10-7-11-17-28)48-41(54)29-18-12-8-13-19-29)23-47(57)40(61-42(55)30-20-14-9-15-21-30)38-45(6,32(51)22-33-46(38,24-58-33)62-27(3)50)39(53)37(59-26(2)49)34(25)44(47,4)5/h8-9,12-15,18-21,28,31-33,35-38,40,51-52,57H,7,10-11,16-17,22-24H2,1-6H3,(H,48,54)/t31-,32-,33+,35?,36+,37+,38?,40-,45+,46-,47+/m0/s1. The van der Waals surface area contributed by atoms with Gasteiger partial charge in [-0.15, -0.1) is 0 Å². The summed E-state index contributed by atoms with van der Waals surface area (Å²) < 4.78 is 30.4. The minimum atomic E-state index is -2.36. The molecule has 1 saturated heterocycles. The number of Topliss-reactive ketones (excluding diaryl/α,β-unsaturated/α-hetero) is 1. The number of rotatable bonds is 10. The van der Waals surface area contributed by atoms with Crippen LogP contribution in [-0.2, 0) is 42.9 Å². The van der Waals surface area contributed by atoms with Crippen LogP contribution < -0.4 is 5.32 Å². The van der Waals surface area contributed by atoms with Crippen LogP contribution in [0.25, 0.3) is 0 Å². The number of aliphatic hydroxyl groups excluding tert-OH is 2. The van der Waals surface area contributed by atoms with Crippen molar-refractivity contribution in [2.75, 3.05) is 6.61 Å². The van der Waals surface area contributed by atoms with Crippen LogP contribution in [-0.4, -0.2) is 111 Å². The molecule has 1 amide bonds. The lowest BCUT2D eigenvalue weighted by atomic mass is 9.44. The van der Waals surface area contributed by atoms with Crippen LogP contribution in [0, 0.1) is 22.7 Å². The molecule has 334 valence electrons. The van der Waals surface area contributed by atoms with Gasteiger partial charge in [0.15, 0.2) is 23.6 Å². The van der Waals surface area contributed by atoms with Gasteiger partial charge in [0.25, 0.3) is 5.91 Å². The maximum absolute atomic E-state index is 15.5. The van der Waals surface area contributed by atoms with Gasteiger partial charge >= 0.3 is 23.9 Å². The van der Waals surface area contributed by atoms with Gasteiger partial charge in [-0.2, -0.15) is 0 Å². The molecule has 2 bridgehead atoms. The molecule has 2 unspecified atom stereocenters. The highest BCUT2D eigenvalue weighted by Crippen LogP contribution is 2.64. The van der Waals surface area contributed by atoms with E-state index in [1.54, 1.807) is 69.3 Å². The number of carbonyl (C=O) groups is 6. The molecule has 4 fully saturated rings. The molecule has 62 heavy (non-hydrogen) atoms. The van der Waals surface area contributed by atoms with Crippen molar-refractivity contribution in [2.24, 2.45) is 22.7 Å². The van der Waals surface area contributed by atoms with Crippen LogP contribution in [0.1, 0.15) is 107 Å². The number of ketones is 1. The monoisotopic (exact) mass is 859 g/mol. The van der Waals surface area contributed by atoms with Crippen molar-refractivity contribution >= 4 is 35.6 Å². The van der Waals surface area contributed by atoms with Gasteiger partial charge in [0.05, 0.1) is 35.6 Å². The molecular weight excluding hydrogens is 803 g/mol. The zero-order chi connectivity index (χ0) is 44.9. The summed E-state index contributed by atoms with van der Waals surface area (Å²) in [7, 11) is 0. The molecule has 1 heterocycles. The first kappa shape index (κ1) is 45.1. The molecule has 3 saturated carbocycles. The van der Waals surface area contributed by atoms with Gasteiger partial charge in [0, 0.05) is 37.7 Å². The van der Waals surface area contributed by atoms with Gasteiger partial charge < -0.3 is 44.3 Å². The summed E-state index contributed by atoms with van der Waals surface area (Å²) in [5, 5.41) is 40.5. The summed E-state index contributed by atoms with van der Waals surface area (Å²) >= 11 is 0. The molecule has 1 aliphatic heterocycles. The van der Waals surface area contributed by atoms with E-state index < -0.39 is 113 Å². The molecule has 15 nitrogen and oxygen atoms in total. The Hall–Kier alpha value is -4.96. The topological polar surface area (TPSA) is 221 Å². The molecule has 0 aromatic heterocycles. The van der Waals surface area contributed by atoms with E-state index in [0.29, 0.717) is 18.4 Å². The molecule has 11 atom stereocenters. The molecule has 5 aliphatic rings. The van der Waals surface area contributed by atoms with Gasteiger partial charge in [0.2, 0.25) is 0 Å². The zero-order valence-corrected chi connectivity index (χ0v) is 36.0. The highest BCUT2D eigenvalue weighted by molar-refractivity contribution is 5.96. The number of fused-ring (bicyclic) bond motifs is 5. The summed E-state index contributed by atoms with van der Waals surface area (Å²) in [5.74, 6) is -6.83. The average Bonchev–Trinajstić information content (AvgIpc) is 3.24. The summed E-state index contributed by atoms with van der Waals surface area (Å²) in [6.07, 6.45) is -6.30. The summed E-state index contributed by atoms with van der Waals surface area (Å²) in [6.45, 7) is 8.11. The van der Waals surface area contributed by atoms with Crippen molar-refractivity contribution in [1.82, 2.24) is 5.32 Å². The lowest BCUT2D eigenvalue weighted by Crippen LogP contribution is -2.82. The Morgan fingerprint density at radius 1 is 0.855 bits per heavy atom. The predicted molar refractivity (Wildman–Crippen MR) is 219 cm³/mol. The Kier molecular flexibility index (Phi) is 12.3. The van der Waals surface area contributed by atoms with E-state index in [9.17, 15) is 39.3 Å². The first-order valence-electron chi connectivity index (χ1n) is 21.4. The van der Waals surface area contributed by atoms with E-state index >= 15 is 4.79 Å². The second kappa shape index (κ2) is 17.0. The van der Waals surface area contributed by atoms with E-state index in [4.69, 9.17) is 23.7 Å². The molecule has 0 radical (unpaired) electrons. The highest BCUT2D eigenvalue weighted by Gasteiger charge is 2.78. The SMILES string of the molecule is CC(=O)O[C@H]1C(=O)[C@@]2(C)C([C@H](OC(=O)c3ccccc3)[C@]3(O)C[C@H](OC(=O)[C@H](O)C(NC(=O)c4ccccc4)C4CCCCC4)C(C)=C1C3(C)C)[C@]1(OC(C)=O)CO[C@@H]1C[C@@H]2O. The second-order valence-corrected chi connectivity index (χ2v) is 18.4. The van der Waals surface area contributed by atoms with E-state index in [1.807, 2.05) is 0 Å². The largest absolute Gasteiger partial charge is 0.456 e. The first-order valence-corrected chi connectivity index (χ1v) is 21.4. The molecule has 4 aliphatic carbocycles. The molecule has 2 aromatic rings. The smallest absolute Gasteiger partial charge is 0.338 e. The Morgan fingerprint density at radius 2 is 1.47 bits per heavy atom. The van der Waals surface area contributed by atoms with Crippen molar-refractivity contribution in [2.45, 2.75) is 140 Å². The van der Waals surface area contributed by atoms with Gasteiger partial charge in [0.1, 0.15) is 23.9 Å². The van der Waals surface area contributed by atoms with E-state index in [-0.39, 0.29) is 35.7 Å². The van der Waals surface area contributed by atoms with Crippen LogP contribution in [0.2, 0.25) is 0 Å². The van der Waals surface area contributed by atoms with E-state index in [2.05, 4.69) is 5.32 Å². The third-order valence-electron chi connectivity index (χ3n) is 14.5. The van der Waals surface area contributed by atoms with Crippen molar-refractivity contribution in [3.8, 4) is 0 Å². The lowest BCUT2D eigenvalue weighted by molar-refractivity contribution is -0.346. The molecule has 7 rings (SSSR count). The third kappa shape index (κ3) is 7.54. The number of benzene rings is 2. The third-order valence-corrected chi connectivity index (χ3v) is 14.5. The highest BCUT2D eigenvalue weighted by atomic mass is 16.6. The lowest BCUT2D eigenvalue weighted by Gasteiger charge is -2.67. The van der Waals surface area contributed by atoms with Crippen molar-refractivity contribution in [1.29, 1.82) is 0 Å². The number of esters is 4. The Balaban J connectivity index is 1.37. The fraction of sp³-hybridized carbons (Fsp3) is 0.574. The summed E-state index contributed by atoms with van der Waals surface area (Å²) in [5.41, 5.74) is -7.13. The van der Waals surface area contributed by atoms with Gasteiger partial charge in [-0.1, -0.05) is 69.5 Å². The fourth-order valence-electron chi connectivity index (χ4n) is 11.1. The number of amides is 1. The van der Waals surface area contributed by atoms with Crippen LogP contribution in [0.4, 0.5) is 0 Å². The quantitative estimate of drug-likeness (QED) is 0.151. The number of ether oxygens (including phenoxy) is 5. The normalized spacial score (nSPS) is 33.7. The number of aliphatic hydroxyl groups is 3. The van der Waals surface area contributed by atoms with E-state index in [0.717, 1.165) is 33.1 Å². The Morgan fingerprint density at radius 3 is 2.03 bits per heavy atom. The van der Waals surface area contributed by atoms with Crippen LogP contribution in [0.3, 0.4) is 0 Å². The molecule has 0 spiro atoms. The minimum Gasteiger partial charge on any atom is -0.456 e. The van der Waals surface area contributed by atoms with Gasteiger partial charge in [-0.25, -0.2) is 9.59 Å². The van der Waals surface area contributed by atoms with Crippen molar-refractivity contribution in [3.05, 3.63) is 82.9 Å². The number of hydrogen-bond donors (Lipinski definition) is 4. The fourth-order valence-corrected chi connectivity index (χ4v) is 11.1. The van der Waals surface area contributed by atoms with E-state index in [1.165, 1.54) is 19.1 Å². The molecule has 15 heteroatoms. The number of carbonyl (C=O) groups excluding carboxylic acids is 6. The first-order chi connectivity index (χ1) is 29.3. The Bertz CT molecular complexity index is 2120. The maximum Gasteiger partial charge on any atom is 0.338 e. The molecule has 2 aromatic carbocycles. The Labute approximate surface area is 360 Å². The number of nitrogens with one attached hydrogen (secondary N) is 1. The zero-order valence-electron chi connectivity index (χ0n) is 36.0. The van der Waals surface area contributed by atoms with Crippen LogP contribution in [0.15, 0.2) is 71.8 Å². The maximum atomic E-state index is 15.5. The predicted octanol–water partition coefficient (Wildman–Crippen LogP) is 3.94. The summed E-state index contributed by atoms with van der Waals surface area (Å²) in [4.78, 5) is 83.7. The van der Waals surface area contributed by atoms with Crippen molar-refractivity contribution < 1.29 is 67.8 Å². The molecule has 4 N–H and O–H groups in total. The van der Waals surface area contributed by atoms with Crippen LogP contribution in [0.5, 0.6) is 0 Å². The van der Waals surface area contributed by atoms with Crippen LogP contribution >= 0.6 is 0 Å². The number of hydrogen-bond acceptors (Lipinski definition) is 14. The van der Waals surface area contributed by atoms with Gasteiger partial charge in [-0.3, -0.25) is 19.2 Å². The van der Waals surface area contributed by atoms with Crippen molar-refractivity contribution in [3.63, 3.8) is 0 Å². The average molecular weight is 860 g/mol. The van der Waals surface area contributed by atoms with Gasteiger partial charge in [-0.05, 0) is 68.0 Å². The summed E-state index contributed by atoms with van der Waals surface area (Å²) in [6, 6.07) is 15.2. The second-order valence-electron chi connectivity index (χ2n) is 18.4.